The van der Waals surface area contributed by atoms with Gasteiger partial charge in [0.25, 0.3) is 0 Å². The van der Waals surface area contributed by atoms with Gasteiger partial charge in [0.15, 0.2) is 5.85 Å². The van der Waals surface area contributed by atoms with E-state index in [-0.39, 0.29) is 4.90 Å². The van der Waals surface area contributed by atoms with Crippen LogP contribution < -0.4 is 4.72 Å². The molecule has 0 saturated heterocycles. The molecule has 102 valence electrons. The highest BCUT2D eigenvalue weighted by atomic mass is 32.2. The van der Waals surface area contributed by atoms with E-state index in [0.29, 0.717) is 0 Å². The summed E-state index contributed by atoms with van der Waals surface area (Å²) in [5.41, 5.74) is 0.879. The molecule has 1 unspecified atom stereocenters. The van der Waals surface area contributed by atoms with Crippen LogP contribution in [0.25, 0.3) is 0 Å². The molecule has 1 aromatic carbocycles. The quantitative estimate of drug-likeness (QED) is 0.556. The molecule has 0 aliphatic rings. The lowest BCUT2D eigenvalue weighted by Gasteiger charge is -2.13. The summed E-state index contributed by atoms with van der Waals surface area (Å²) in [5.74, 6) is -2.06. The SMILES string of the molecule is Cc1ccc(S(=O)(=O)NCC(O)P(=O)(O)O)cc1. The number of aliphatic hydroxyl groups excluding tert-OH is 1. The van der Waals surface area contributed by atoms with Crippen molar-refractivity contribution in [3.8, 4) is 0 Å². The molecular formula is C9H14NO6PS. The Labute approximate surface area is 105 Å². The van der Waals surface area contributed by atoms with Gasteiger partial charge in [0.2, 0.25) is 10.0 Å². The van der Waals surface area contributed by atoms with Crippen molar-refractivity contribution in [1.82, 2.24) is 4.72 Å². The lowest BCUT2D eigenvalue weighted by Crippen LogP contribution is -2.32. The summed E-state index contributed by atoms with van der Waals surface area (Å²) in [7, 11) is -8.60. The van der Waals surface area contributed by atoms with Crippen molar-refractivity contribution in [2.24, 2.45) is 0 Å². The Balaban J connectivity index is 2.78. The van der Waals surface area contributed by atoms with E-state index >= 15 is 0 Å². The van der Waals surface area contributed by atoms with Gasteiger partial charge in [-0.3, -0.25) is 4.57 Å². The maximum absolute atomic E-state index is 11.7. The van der Waals surface area contributed by atoms with Crippen LogP contribution >= 0.6 is 7.60 Å². The van der Waals surface area contributed by atoms with Crippen molar-refractivity contribution in [3.05, 3.63) is 29.8 Å². The van der Waals surface area contributed by atoms with Crippen molar-refractivity contribution in [1.29, 1.82) is 0 Å². The lowest BCUT2D eigenvalue weighted by atomic mass is 10.2. The molecular weight excluding hydrogens is 281 g/mol. The molecule has 1 atom stereocenters. The van der Waals surface area contributed by atoms with Gasteiger partial charge < -0.3 is 14.9 Å². The Bertz CT molecular complexity index is 549. The Morgan fingerprint density at radius 2 is 1.78 bits per heavy atom. The van der Waals surface area contributed by atoms with Crippen LogP contribution in [0.1, 0.15) is 5.56 Å². The third-order valence-corrected chi connectivity index (χ3v) is 4.57. The highest BCUT2D eigenvalue weighted by Crippen LogP contribution is 2.39. The molecule has 0 aliphatic heterocycles. The van der Waals surface area contributed by atoms with Gasteiger partial charge in [0.1, 0.15) is 0 Å². The Morgan fingerprint density at radius 1 is 1.28 bits per heavy atom. The number of benzene rings is 1. The largest absolute Gasteiger partial charge is 0.379 e. The summed E-state index contributed by atoms with van der Waals surface area (Å²) in [5, 5.41) is 9.05. The van der Waals surface area contributed by atoms with Gasteiger partial charge in [-0.15, -0.1) is 0 Å². The number of rotatable bonds is 5. The maximum atomic E-state index is 11.7. The normalized spacial score (nSPS) is 14.4. The minimum absolute atomic E-state index is 0.0361. The van der Waals surface area contributed by atoms with Crippen molar-refractivity contribution in [3.63, 3.8) is 0 Å². The average Bonchev–Trinajstić information content (AvgIpc) is 2.25. The van der Waals surface area contributed by atoms with Crippen molar-refractivity contribution < 1.29 is 27.9 Å². The van der Waals surface area contributed by atoms with Gasteiger partial charge in [-0.2, -0.15) is 0 Å². The van der Waals surface area contributed by atoms with Crippen molar-refractivity contribution in [2.75, 3.05) is 6.54 Å². The highest BCUT2D eigenvalue weighted by molar-refractivity contribution is 7.89. The van der Waals surface area contributed by atoms with E-state index in [1.807, 2.05) is 4.72 Å². The van der Waals surface area contributed by atoms with Gasteiger partial charge >= 0.3 is 7.60 Å². The molecule has 4 N–H and O–H groups in total. The number of nitrogens with one attached hydrogen (secondary N) is 1. The van der Waals surface area contributed by atoms with Gasteiger partial charge in [-0.25, -0.2) is 13.1 Å². The first-order chi connectivity index (χ1) is 8.13. The first kappa shape index (κ1) is 15.3. The topological polar surface area (TPSA) is 124 Å². The third-order valence-electron chi connectivity index (χ3n) is 2.18. The molecule has 0 saturated carbocycles. The highest BCUT2D eigenvalue weighted by Gasteiger charge is 2.27. The first-order valence-electron chi connectivity index (χ1n) is 4.92. The van der Waals surface area contributed by atoms with Crippen LogP contribution in [0.15, 0.2) is 29.2 Å². The van der Waals surface area contributed by atoms with Crippen molar-refractivity contribution in [2.45, 2.75) is 17.7 Å². The maximum Gasteiger partial charge on any atom is 0.355 e. The van der Waals surface area contributed by atoms with Gasteiger partial charge in [-0.1, -0.05) is 17.7 Å². The van der Waals surface area contributed by atoms with Crippen LogP contribution in [0.4, 0.5) is 0 Å². The number of hydrogen-bond donors (Lipinski definition) is 4. The average molecular weight is 295 g/mol. The first-order valence-corrected chi connectivity index (χ1v) is 8.09. The van der Waals surface area contributed by atoms with E-state index in [1.165, 1.54) is 12.1 Å². The zero-order chi connectivity index (χ0) is 14.0. The molecule has 0 bridgehead atoms. The number of aryl methyl sites for hydroxylation is 1. The molecule has 0 spiro atoms. The Morgan fingerprint density at radius 3 is 2.22 bits per heavy atom. The van der Waals surface area contributed by atoms with E-state index in [1.54, 1.807) is 19.1 Å². The van der Waals surface area contributed by atoms with Crippen LogP contribution in [-0.2, 0) is 14.6 Å². The zero-order valence-electron chi connectivity index (χ0n) is 9.52. The second-order valence-corrected chi connectivity index (χ2v) is 7.28. The molecule has 1 rings (SSSR count). The van der Waals surface area contributed by atoms with Gasteiger partial charge in [-0.05, 0) is 19.1 Å². The van der Waals surface area contributed by atoms with Crippen molar-refractivity contribution >= 4 is 17.6 Å². The fourth-order valence-electron chi connectivity index (χ4n) is 1.10. The molecule has 9 heteroatoms. The molecule has 7 nitrogen and oxygen atoms in total. The van der Waals surface area contributed by atoms with Crippen LogP contribution in [0, 0.1) is 6.92 Å². The summed E-state index contributed by atoms with van der Waals surface area (Å²) in [4.78, 5) is 17.2. The molecule has 0 aromatic heterocycles. The second-order valence-electron chi connectivity index (χ2n) is 3.73. The van der Waals surface area contributed by atoms with E-state index < -0.39 is 30.0 Å². The van der Waals surface area contributed by atoms with Gasteiger partial charge in [0.05, 0.1) is 4.90 Å². The number of hydrogen-bond acceptors (Lipinski definition) is 4. The van der Waals surface area contributed by atoms with E-state index in [0.717, 1.165) is 5.56 Å². The van der Waals surface area contributed by atoms with E-state index in [4.69, 9.17) is 14.9 Å². The number of aliphatic hydroxyl groups is 1. The molecule has 0 heterocycles. The predicted octanol–water partition coefficient (Wildman–Crippen LogP) is -0.231. The van der Waals surface area contributed by atoms with E-state index in [9.17, 15) is 13.0 Å². The summed E-state index contributed by atoms with van der Waals surface area (Å²) in [6, 6.07) is 5.91. The Hall–Kier alpha value is -0.760. The minimum atomic E-state index is -4.71. The fourth-order valence-corrected chi connectivity index (χ4v) is 2.59. The van der Waals surface area contributed by atoms with E-state index in [2.05, 4.69) is 0 Å². The summed E-state index contributed by atoms with van der Waals surface area (Å²) in [6.07, 6.45) is 0. The molecule has 18 heavy (non-hydrogen) atoms. The number of sulfonamides is 1. The predicted molar refractivity (Wildman–Crippen MR) is 64.4 cm³/mol. The van der Waals surface area contributed by atoms with Crippen LogP contribution in [0.5, 0.6) is 0 Å². The van der Waals surface area contributed by atoms with Crippen LogP contribution in [-0.4, -0.2) is 35.7 Å². The summed E-state index contributed by atoms with van der Waals surface area (Å²) >= 11 is 0. The van der Waals surface area contributed by atoms with Gasteiger partial charge in [0, 0.05) is 6.54 Å². The molecule has 1 aromatic rings. The van der Waals surface area contributed by atoms with Crippen LogP contribution in [0.3, 0.4) is 0 Å². The monoisotopic (exact) mass is 295 g/mol. The smallest absolute Gasteiger partial charge is 0.355 e. The zero-order valence-corrected chi connectivity index (χ0v) is 11.2. The summed E-state index contributed by atoms with van der Waals surface area (Å²) in [6.45, 7) is 1.04. The van der Waals surface area contributed by atoms with Crippen LogP contribution in [0.2, 0.25) is 0 Å². The second kappa shape index (κ2) is 5.48. The summed E-state index contributed by atoms with van der Waals surface area (Å²) < 4.78 is 36.0. The Kier molecular flexibility index (Phi) is 4.66. The third kappa shape index (κ3) is 4.16. The molecule has 0 aliphatic carbocycles. The fraction of sp³-hybridized carbons (Fsp3) is 0.333. The standard InChI is InChI=1S/C9H14NO6PS/c1-7-2-4-8(5-3-7)18(15,16)10-6-9(11)17(12,13)14/h2-5,9-11H,6H2,1H3,(H2,12,13,14). The minimum Gasteiger partial charge on any atom is -0.379 e. The lowest BCUT2D eigenvalue weighted by molar-refractivity contribution is 0.205. The molecule has 0 amide bonds. The molecule has 0 fully saturated rings. The molecule has 0 radical (unpaired) electrons.